The highest BCUT2D eigenvalue weighted by Gasteiger charge is 2.24. The Hall–Kier alpha value is -2.70. The van der Waals surface area contributed by atoms with E-state index in [1.807, 2.05) is 31.2 Å². The Balaban J connectivity index is 1.85. The molecular weight excluding hydrogens is 396 g/mol. The molecule has 0 aliphatic carbocycles. The van der Waals surface area contributed by atoms with Crippen LogP contribution in [0, 0.1) is 6.92 Å². The van der Waals surface area contributed by atoms with Crippen molar-refractivity contribution in [1.82, 2.24) is 5.32 Å². The highest BCUT2D eigenvalue weighted by molar-refractivity contribution is 8.18. The van der Waals surface area contributed by atoms with Gasteiger partial charge in [0, 0.05) is 0 Å². The molecule has 2 aromatic rings. The molecule has 1 aliphatic rings. The van der Waals surface area contributed by atoms with Crippen LogP contribution < -0.4 is 14.8 Å². The average Bonchev–Trinajstić information content (AvgIpc) is 3.01. The number of hydrogen-bond acceptors (Lipinski definition) is 5. The van der Waals surface area contributed by atoms with Gasteiger partial charge in [-0.1, -0.05) is 42.0 Å². The van der Waals surface area contributed by atoms with Crippen molar-refractivity contribution in [3.8, 4) is 11.5 Å². The van der Waals surface area contributed by atoms with Gasteiger partial charge in [0.2, 0.25) is 0 Å². The van der Waals surface area contributed by atoms with Gasteiger partial charge in [0.15, 0.2) is 16.7 Å². The average molecular weight is 415 g/mol. The number of thioether (sulfide) groups is 1. The maximum Gasteiger partial charge on any atom is 0.264 e. The van der Waals surface area contributed by atoms with E-state index < -0.39 is 0 Å². The third-order valence-electron chi connectivity index (χ3n) is 3.81. The zero-order valence-corrected chi connectivity index (χ0v) is 17.1. The van der Waals surface area contributed by atoms with Crippen molar-refractivity contribution < 1.29 is 14.3 Å². The molecule has 3 rings (SSSR count). The molecule has 7 heteroatoms. The minimum absolute atomic E-state index is 0.210. The summed E-state index contributed by atoms with van der Waals surface area (Å²) in [5.74, 6) is 0.715. The standard InChI is InChI=1S/C21H19ClN2O3S/c1-4-9-27-19-16(22)10-14(11-17(19)26-3)12-18-20(25)24-21(28-18)23-15-7-5-13(2)6-8-15/h4-8,10-12H,1,9H2,2-3H3,(H,23,24,25)/b18-12-. The van der Waals surface area contributed by atoms with Crippen molar-refractivity contribution in [1.29, 1.82) is 0 Å². The van der Waals surface area contributed by atoms with Crippen LogP contribution in [0.5, 0.6) is 11.5 Å². The summed E-state index contributed by atoms with van der Waals surface area (Å²) >= 11 is 7.59. The second-order valence-corrected chi connectivity index (χ2v) is 7.39. The zero-order valence-electron chi connectivity index (χ0n) is 15.5. The smallest absolute Gasteiger partial charge is 0.264 e. The van der Waals surface area contributed by atoms with Crippen LogP contribution in [-0.2, 0) is 4.79 Å². The van der Waals surface area contributed by atoms with E-state index in [9.17, 15) is 4.79 Å². The Kier molecular flexibility index (Phi) is 6.44. The summed E-state index contributed by atoms with van der Waals surface area (Å²) in [4.78, 5) is 17.3. The molecule has 2 aromatic carbocycles. The number of nitrogens with zero attached hydrogens (tertiary/aromatic N) is 1. The number of benzene rings is 2. The molecule has 5 nitrogen and oxygen atoms in total. The van der Waals surface area contributed by atoms with Gasteiger partial charge in [-0.15, -0.1) is 0 Å². The molecule has 0 saturated carbocycles. The van der Waals surface area contributed by atoms with Gasteiger partial charge >= 0.3 is 0 Å². The number of rotatable bonds is 6. The van der Waals surface area contributed by atoms with Gasteiger partial charge in [0.05, 0.1) is 22.7 Å². The normalized spacial score (nSPS) is 16.3. The Morgan fingerprint density at radius 3 is 2.71 bits per heavy atom. The van der Waals surface area contributed by atoms with Gasteiger partial charge in [0.25, 0.3) is 5.91 Å². The maximum absolute atomic E-state index is 12.3. The Morgan fingerprint density at radius 1 is 1.29 bits per heavy atom. The summed E-state index contributed by atoms with van der Waals surface area (Å²) in [6, 6.07) is 11.2. The SMILES string of the molecule is C=CCOc1c(Cl)cc(/C=C2\SC(=Nc3ccc(C)cc3)NC2=O)cc1OC. The highest BCUT2D eigenvalue weighted by atomic mass is 35.5. The fourth-order valence-electron chi connectivity index (χ4n) is 2.47. The molecule has 0 aromatic heterocycles. The van der Waals surface area contributed by atoms with E-state index in [-0.39, 0.29) is 5.91 Å². The molecule has 0 radical (unpaired) electrons. The monoisotopic (exact) mass is 414 g/mol. The van der Waals surface area contributed by atoms with Gasteiger partial charge in [-0.05, 0) is 54.6 Å². The van der Waals surface area contributed by atoms with E-state index in [0.29, 0.717) is 33.2 Å². The molecule has 1 amide bonds. The van der Waals surface area contributed by atoms with E-state index in [1.54, 1.807) is 24.3 Å². The van der Waals surface area contributed by atoms with Gasteiger partial charge in [0.1, 0.15) is 6.61 Å². The van der Waals surface area contributed by atoms with E-state index >= 15 is 0 Å². The predicted molar refractivity (Wildman–Crippen MR) is 116 cm³/mol. The molecule has 28 heavy (non-hydrogen) atoms. The number of amidine groups is 1. The summed E-state index contributed by atoms with van der Waals surface area (Å²) in [6.45, 7) is 5.94. The van der Waals surface area contributed by atoms with Crippen molar-refractivity contribution in [2.24, 2.45) is 4.99 Å². The molecule has 0 spiro atoms. The van der Waals surface area contributed by atoms with Crippen molar-refractivity contribution >= 4 is 46.2 Å². The lowest BCUT2D eigenvalue weighted by Crippen LogP contribution is -2.19. The molecule has 0 unspecified atom stereocenters. The summed E-state index contributed by atoms with van der Waals surface area (Å²) < 4.78 is 10.9. The lowest BCUT2D eigenvalue weighted by atomic mass is 10.2. The molecule has 1 fully saturated rings. The summed E-state index contributed by atoms with van der Waals surface area (Å²) in [6.07, 6.45) is 3.36. The number of carbonyl (C=O) groups is 1. The number of aryl methyl sites for hydroxylation is 1. The van der Waals surface area contributed by atoms with E-state index in [0.717, 1.165) is 16.8 Å². The van der Waals surface area contributed by atoms with Crippen molar-refractivity contribution in [3.63, 3.8) is 0 Å². The topological polar surface area (TPSA) is 59.9 Å². The van der Waals surface area contributed by atoms with Crippen molar-refractivity contribution in [2.45, 2.75) is 6.92 Å². The molecule has 144 valence electrons. The maximum atomic E-state index is 12.3. The van der Waals surface area contributed by atoms with E-state index in [4.69, 9.17) is 21.1 Å². The fourth-order valence-corrected chi connectivity index (χ4v) is 3.59. The molecule has 1 aliphatic heterocycles. The molecular formula is C21H19ClN2O3S. The third kappa shape index (κ3) is 4.77. The number of hydrogen-bond donors (Lipinski definition) is 1. The number of carbonyl (C=O) groups excluding carboxylic acids is 1. The molecule has 0 atom stereocenters. The van der Waals surface area contributed by atoms with Crippen LogP contribution in [0.1, 0.15) is 11.1 Å². The number of halogens is 1. The second-order valence-electron chi connectivity index (χ2n) is 5.95. The summed E-state index contributed by atoms with van der Waals surface area (Å²) in [5.41, 5.74) is 2.66. The third-order valence-corrected chi connectivity index (χ3v) is 5.00. The van der Waals surface area contributed by atoms with Gasteiger partial charge in [-0.3, -0.25) is 4.79 Å². The van der Waals surface area contributed by atoms with Crippen LogP contribution in [0.25, 0.3) is 6.08 Å². The summed E-state index contributed by atoms with van der Waals surface area (Å²) in [5, 5.41) is 3.70. The lowest BCUT2D eigenvalue weighted by Gasteiger charge is -2.12. The van der Waals surface area contributed by atoms with Crippen LogP contribution in [0.4, 0.5) is 5.69 Å². The van der Waals surface area contributed by atoms with E-state index in [1.165, 1.54) is 18.9 Å². The largest absolute Gasteiger partial charge is 0.493 e. The first kappa shape index (κ1) is 20.0. The molecule has 1 heterocycles. The minimum atomic E-state index is -0.210. The van der Waals surface area contributed by atoms with Crippen LogP contribution in [0.15, 0.2) is 59.0 Å². The van der Waals surface area contributed by atoms with Crippen LogP contribution in [0.3, 0.4) is 0 Å². The number of nitrogens with one attached hydrogen (secondary N) is 1. The van der Waals surface area contributed by atoms with Crippen LogP contribution >= 0.6 is 23.4 Å². The van der Waals surface area contributed by atoms with E-state index in [2.05, 4.69) is 16.9 Å². The van der Waals surface area contributed by atoms with Gasteiger partial charge < -0.3 is 14.8 Å². The first-order valence-corrected chi connectivity index (χ1v) is 9.67. The minimum Gasteiger partial charge on any atom is -0.493 e. The number of methoxy groups -OCH3 is 1. The van der Waals surface area contributed by atoms with Crippen molar-refractivity contribution in [3.05, 3.63) is 70.1 Å². The first-order valence-electron chi connectivity index (χ1n) is 8.47. The summed E-state index contributed by atoms with van der Waals surface area (Å²) in [7, 11) is 1.53. The quantitative estimate of drug-likeness (QED) is 0.526. The molecule has 0 bridgehead atoms. The Labute approximate surface area is 173 Å². The predicted octanol–water partition coefficient (Wildman–Crippen LogP) is 5.11. The molecule has 1 saturated heterocycles. The Bertz CT molecular complexity index is 968. The lowest BCUT2D eigenvalue weighted by molar-refractivity contribution is -0.115. The highest BCUT2D eigenvalue weighted by Crippen LogP contribution is 2.38. The second kappa shape index (κ2) is 8.99. The Morgan fingerprint density at radius 2 is 2.04 bits per heavy atom. The fraction of sp³-hybridized carbons (Fsp3) is 0.143. The van der Waals surface area contributed by atoms with Crippen molar-refractivity contribution in [2.75, 3.05) is 13.7 Å². The van der Waals surface area contributed by atoms with Crippen LogP contribution in [0.2, 0.25) is 5.02 Å². The first-order chi connectivity index (χ1) is 13.5. The molecule has 1 N–H and O–H groups in total. The number of aliphatic imine (C=N–C) groups is 1. The van der Waals surface area contributed by atoms with Gasteiger partial charge in [-0.25, -0.2) is 4.99 Å². The van der Waals surface area contributed by atoms with Crippen LogP contribution in [-0.4, -0.2) is 24.8 Å². The zero-order chi connectivity index (χ0) is 20.1. The van der Waals surface area contributed by atoms with Gasteiger partial charge in [-0.2, -0.15) is 0 Å². The number of ether oxygens (including phenoxy) is 2. The number of amides is 1.